The number of carbonyl (C=O) groups excluding carboxylic acids is 1. The predicted octanol–water partition coefficient (Wildman–Crippen LogP) is 10.7. The third-order valence-electron chi connectivity index (χ3n) is 8.56. The largest absolute Gasteiger partial charge is 0.466 e. The number of aliphatic hydroxyl groups is 1. The van der Waals surface area contributed by atoms with E-state index < -0.39 is 0 Å². The van der Waals surface area contributed by atoms with Crippen molar-refractivity contribution >= 4 is 28.7 Å². The number of ether oxygens (including phenoxy) is 1. The lowest BCUT2D eigenvalue weighted by atomic mass is 9.99. The van der Waals surface area contributed by atoms with E-state index >= 15 is 0 Å². The van der Waals surface area contributed by atoms with Crippen LogP contribution in [0.1, 0.15) is 130 Å². The topological polar surface area (TPSA) is 53.0 Å². The molecule has 0 spiro atoms. The third-order valence-corrected chi connectivity index (χ3v) is 8.56. The highest BCUT2D eigenvalue weighted by atomic mass is 16.5. The minimum absolute atomic E-state index is 0.00139. The highest BCUT2D eigenvalue weighted by Crippen LogP contribution is 2.47. The van der Waals surface area contributed by atoms with Crippen LogP contribution in [0.25, 0.3) is 0 Å². The van der Waals surface area contributed by atoms with Crippen LogP contribution in [-0.2, 0) is 9.53 Å². The van der Waals surface area contributed by atoms with E-state index in [-0.39, 0.29) is 5.97 Å². The number of nitrogens with zero attached hydrogens (tertiary/aromatic N) is 2. The summed E-state index contributed by atoms with van der Waals surface area (Å²) in [6.45, 7) is 9.58. The van der Waals surface area contributed by atoms with Gasteiger partial charge in [0, 0.05) is 26.6 Å². The monoisotopic (exact) mass is 594 g/mol. The summed E-state index contributed by atoms with van der Waals surface area (Å²) in [5.41, 5.74) is 5.40. The Labute approximate surface area is 264 Å². The van der Waals surface area contributed by atoms with Crippen LogP contribution in [0.3, 0.4) is 0 Å². The summed E-state index contributed by atoms with van der Waals surface area (Å²) >= 11 is 0. The Kier molecular flexibility index (Phi) is 19.6. The first kappa shape index (κ1) is 36.7. The summed E-state index contributed by atoms with van der Waals surface area (Å²) in [6.07, 6.45) is 20.1. The molecule has 0 bridgehead atoms. The van der Waals surface area contributed by atoms with Gasteiger partial charge in [-0.05, 0) is 55.9 Å². The number of benzene rings is 2. The Morgan fingerprint density at radius 2 is 1.09 bits per heavy atom. The van der Waals surface area contributed by atoms with Gasteiger partial charge in [0.15, 0.2) is 0 Å². The van der Waals surface area contributed by atoms with Gasteiger partial charge >= 0.3 is 5.97 Å². The van der Waals surface area contributed by atoms with Crippen molar-refractivity contribution in [2.45, 2.75) is 130 Å². The van der Waals surface area contributed by atoms with Crippen LogP contribution in [0.5, 0.6) is 0 Å². The Balaban J connectivity index is 0.00000316. The summed E-state index contributed by atoms with van der Waals surface area (Å²) in [5.74, 6) is 0.785. The fourth-order valence-corrected chi connectivity index (χ4v) is 6.17. The van der Waals surface area contributed by atoms with E-state index in [1.807, 2.05) is 0 Å². The summed E-state index contributed by atoms with van der Waals surface area (Å²) in [7, 11) is 1.00. The van der Waals surface area contributed by atoms with Crippen molar-refractivity contribution in [3.8, 4) is 0 Å². The van der Waals surface area contributed by atoms with E-state index in [2.05, 4.69) is 79.1 Å². The third kappa shape index (κ3) is 13.3. The van der Waals surface area contributed by atoms with Crippen LogP contribution >= 0.6 is 0 Å². The highest BCUT2D eigenvalue weighted by Gasteiger charge is 2.27. The first-order valence-electron chi connectivity index (χ1n) is 17.5. The number of anilines is 4. The number of aliphatic hydroxyl groups excluding tert-OH is 1. The van der Waals surface area contributed by atoms with E-state index in [4.69, 9.17) is 9.84 Å². The molecule has 0 fully saturated rings. The van der Waals surface area contributed by atoms with Crippen molar-refractivity contribution in [3.05, 3.63) is 48.5 Å². The van der Waals surface area contributed by atoms with Gasteiger partial charge < -0.3 is 19.6 Å². The Hall–Kier alpha value is -2.53. The zero-order chi connectivity index (χ0) is 31.1. The average molecular weight is 595 g/mol. The number of esters is 1. The van der Waals surface area contributed by atoms with Gasteiger partial charge in [0.2, 0.25) is 0 Å². The number of rotatable bonds is 22. The van der Waals surface area contributed by atoms with Gasteiger partial charge in [0.1, 0.15) is 0 Å². The van der Waals surface area contributed by atoms with E-state index in [1.54, 1.807) is 0 Å². The molecule has 0 aromatic heterocycles. The predicted molar refractivity (Wildman–Crippen MR) is 185 cm³/mol. The van der Waals surface area contributed by atoms with Crippen molar-refractivity contribution in [2.75, 3.05) is 36.6 Å². The zero-order valence-corrected chi connectivity index (χ0v) is 28.0. The zero-order valence-electron chi connectivity index (χ0n) is 28.0. The van der Waals surface area contributed by atoms with Crippen molar-refractivity contribution in [1.29, 1.82) is 0 Å². The summed E-state index contributed by atoms with van der Waals surface area (Å²) in [4.78, 5) is 17.0. The normalized spacial score (nSPS) is 12.7. The maximum absolute atomic E-state index is 11.9. The lowest BCUT2D eigenvalue weighted by Gasteiger charge is -2.40. The van der Waals surface area contributed by atoms with Gasteiger partial charge in [-0.15, -0.1) is 0 Å². The van der Waals surface area contributed by atoms with E-state index in [1.165, 1.54) is 106 Å². The molecule has 0 amide bonds. The molecule has 1 heterocycles. The molecule has 0 radical (unpaired) electrons. The van der Waals surface area contributed by atoms with Crippen LogP contribution in [0.4, 0.5) is 22.7 Å². The Bertz CT molecular complexity index is 947. The van der Waals surface area contributed by atoms with Crippen molar-refractivity contribution in [3.63, 3.8) is 0 Å². The van der Waals surface area contributed by atoms with Crippen molar-refractivity contribution < 1.29 is 14.6 Å². The molecule has 1 atom stereocenters. The van der Waals surface area contributed by atoms with Gasteiger partial charge in [-0.1, -0.05) is 122 Å². The molecule has 1 aliphatic heterocycles. The SMILES string of the molecule is CCCCN1c2ccccc2N(CCCCCCCCCCCOC(=O)CCCCC(C)CCC)c2ccccc21.CO. The van der Waals surface area contributed by atoms with Crippen LogP contribution in [0.15, 0.2) is 48.5 Å². The molecule has 3 rings (SSSR count). The molecule has 5 nitrogen and oxygen atoms in total. The fraction of sp³-hybridized carbons (Fsp3) is 0.658. The molecule has 5 heteroatoms. The first-order chi connectivity index (χ1) is 21.2. The van der Waals surface area contributed by atoms with Crippen molar-refractivity contribution in [1.82, 2.24) is 0 Å². The molecule has 1 aliphatic rings. The number of para-hydroxylation sites is 4. The van der Waals surface area contributed by atoms with Gasteiger partial charge in [0.05, 0.1) is 29.4 Å². The molecule has 0 aliphatic carbocycles. The molecule has 242 valence electrons. The lowest BCUT2D eigenvalue weighted by molar-refractivity contribution is -0.143. The minimum Gasteiger partial charge on any atom is -0.466 e. The number of hydrogen-bond acceptors (Lipinski definition) is 5. The lowest BCUT2D eigenvalue weighted by Crippen LogP contribution is -2.30. The summed E-state index contributed by atoms with van der Waals surface area (Å²) < 4.78 is 5.44. The highest BCUT2D eigenvalue weighted by molar-refractivity contribution is 5.93. The average Bonchev–Trinajstić information content (AvgIpc) is 3.04. The standard InChI is InChI=1S/C37H58N2O2.CH4O/c1-4-6-29-38-33-24-15-17-26-35(33)39(36-27-18-16-25-34(36)38)30-20-12-10-8-7-9-11-13-21-31-41-37(40)28-19-14-23-32(3)22-5-2;1-2/h15-18,24-27,32H,4-14,19-23,28-31H2,1-3H3;2H,1H3. The second-order valence-corrected chi connectivity index (χ2v) is 12.2. The van der Waals surface area contributed by atoms with Crippen LogP contribution in [0, 0.1) is 5.92 Å². The van der Waals surface area contributed by atoms with Gasteiger partial charge in [0.25, 0.3) is 0 Å². The van der Waals surface area contributed by atoms with Gasteiger partial charge in [-0.3, -0.25) is 4.79 Å². The summed E-state index contributed by atoms with van der Waals surface area (Å²) in [6, 6.07) is 17.9. The number of fused-ring (bicyclic) bond motifs is 2. The molecule has 43 heavy (non-hydrogen) atoms. The molecular weight excluding hydrogens is 532 g/mol. The quantitative estimate of drug-likeness (QED) is 0.109. The Morgan fingerprint density at radius 1 is 0.628 bits per heavy atom. The van der Waals surface area contributed by atoms with Crippen LogP contribution in [-0.4, -0.2) is 37.9 Å². The molecule has 0 saturated carbocycles. The Morgan fingerprint density at radius 3 is 1.58 bits per heavy atom. The van der Waals surface area contributed by atoms with Crippen LogP contribution < -0.4 is 9.80 Å². The number of hydrogen-bond donors (Lipinski definition) is 1. The van der Waals surface area contributed by atoms with Crippen molar-refractivity contribution in [2.24, 2.45) is 5.92 Å². The second kappa shape index (κ2) is 22.9. The molecule has 2 aromatic carbocycles. The van der Waals surface area contributed by atoms with E-state index in [0.29, 0.717) is 13.0 Å². The number of unbranched alkanes of at least 4 members (excludes halogenated alkanes) is 10. The minimum atomic E-state index is -0.00139. The molecule has 1 N–H and O–H groups in total. The maximum Gasteiger partial charge on any atom is 0.305 e. The second-order valence-electron chi connectivity index (χ2n) is 12.2. The molecular formula is C38H62N2O3. The fourth-order valence-electron chi connectivity index (χ4n) is 6.17. The van der Waals surface area contributed by atoms with Crippen LogP contribution in [0.2, 0.25) is 0 Å². The molecule has 0 saturated heterocycles. The smallest absolute Gasteiger partial charge is 0.305 e. The molecule has 1 unspecified atom stereocenters. The number of carbonyl (C=O) groups is 1. The first-order valence-corrected chi connectivity index (χ1v) is 17.5. The summed E-state index contributed by atoms with van der Waals surface area (Å²) in [5, 5.41) is 7.00. The van der Waals surface area contributed by atoms with Gasteiger partial charge in [-0.2, -0.15) is 0 Å². The maximum atomic E-state index is 11.9. The van der Waals surface area contributed by atoms with E-state index in [9.17, 15) is 4.79 Å². The van der Waals surface area contributed by atoms with E-state index in [0.717, 1.165) is 45.4 Å². The van der Waals surface area contributed by atoms with Gasteiger partial charge in [-0.25, -0.2) is 0 Å². The molecule has 2 aromatic rings.